The van der Waals surface area contributed by atoms with Crippen LogP contribution in [0.25, 0.3) is 0 Å². The summed E-state index contributed by atoms with van der Waals surface area (Å²) in [4.78, 5) is 53.2. The van der Waals surface area contributed by atoms with Gasteiger partial charge >= 0.3 is 12.3 Å². The number of unbranched alkanes of at least 4 members (excludes halogenated alkanes) is 4. The van der Waals surface area contributed by atoms with E-state index in [4.69, 9.17) is 20.1 Å². The minimum atomic E-state index is -4.52. The molecule has 0 spiro atoms. The molecule has 7 N–H and O–H groups in total. The quantitative estimate of drug-likeness (QED) is 0.0634. The number of nitrogens with one attached hydrogen (secondary N) is 4. The van der Waals surface area contributed by atoms with Gasteiger partial charge in [-0.1, -0.05) is 12.8 Å². The summed E-state index contributed by atoms with van der Waals surface area (Å²) >= 11 is 0. The van der Waals surface area contributed by atoms with Gasteiger partial charge in [0.15, 0.2) is 0 Å². The van der Waals surface area contributed by atoms with Gasteiger partial charge in [-0.3, -0.25) is 14.4 Å². The zero-order valence-corrected chi connectivity index (χ0v) is 28.5. The maximum atomic E-state index is 12.8. The van der Waals surface area contributed by atoms with Crippen LogP contribution < -0.4 is 27.2 Å². The fourth-order valence-corrected chi connectivity index (χ4v) is 4.52. The molecule has 0 aliphatic heterocycles. The topological polar surface area (TPSA) is 200 Å². The van der Waals surface area contributed by atoms with E-state index in [9.17, 15) is 37.5 Å². The van der Waals surface area contributed by atoms with E-state index in [1.54, 1.807) is 6.07 Å². The van der Waals surface area contributed by atoms with Crippen molar-refractivity contribution >= 4 is 35.2 Å². The van der Waals surface area contributed by atoms with Crippen LogP contribution in [-0.2, 0) is 41.4 Å². The highest BCUT2D eigenvalue weighted by Crippen LogP contribution is 2.29. The Balaban J connectivity index is 1.52. The molecular weight excluding hydrogens is 679 g/mol. The number of ether oxygens (including phenoxy) is 3. The van der Waals surface area contributed by atoms with Crippen molar-refractivity contribution in [2.75, 3.05) is 63.4 Å². The van der Waals surface area contributed by atoms with E-state index >= 15 is 0 Å². The zero-order valence-electron chi connectivity index (χ0n) is 28.5. The molecule has 0 fully saturated rings. The fourth-order valence-electron chi connectivity index (χ4n) is 4.52. The summed E-state index contributed by atoms with van der Waals surface area (Å²) in [6.45, 7) is 2.34. The number of anilines is 2. The number of hydrogen-bond donors (Lipinski definition) is 6. The number of carbonyl (C=O) groups excluding carboxylic acids is 4. The van der Waals surface area contributed by atoms with Crippen LogP contribution in [0.5, 0.6) is 0 Å². The molecule has 2 aromatic rings. The lowest BCUT2D eigenvalue weighted by Gasteiger charge is -2.12. The highest BCUT2D eigenvalue weighted by atomic mass is 19.4. The molecule has 14 nitrogen and oxygen atoms in total. The van der Waals surface area contributed by atoms with Gasteiger partial charge < -0.3 is 45.4 Å². The van der Waals surface area contributed by atoms with Crippen molar-refractivity contribution in [3.63, 3.8) is 0 Å². The summed E-state index contributed by atoms with van der Waals surface area (Å²) in [5.74, 6) is 3.88. The van der Waals surface area contributed by atoms with Crippen LogP contribution in [0, 0.1) is 0 Å². The molecule has 4 amide bonds. The van der Waals surface area contributed by atoms with Crippen LogP contribution in [0.3, 0.4) is 0 Å². The van der Waals surface area contributed by atoms with Gasteiger partial charge in [0.05, 0.1) is 45.2 Å². The van der Waals surface area contributed by atoms with Crippen molar-refractivity contribution in [1.29, 1.82) is 0 Å². The number of benzene rings is 2. The van der Waals surface area contributed by atoms with Gasteiger partial charge in [-0.15, -0.1) is 0 Å². The van der Waals surface area contributed by atoms with Gasteiger partial charge in [0.2, 0.25) is 11.8 Å². The summed E-state index contributed by atoms with van der Waals surface area (Å²) in [7, 11) is 0. The summed E-state index contributed by atoms with van der Waals surface area (Å²) < 4.78 is 53.9. The SMILES string of the molecule is NOCCOCCOCCOC(=O)NCCCCCC(=O)NCCCCCC(=O)Nc1cc(CO)cc(NC(=O)c2ccc(C(F)(F)F)cc2)c1. The molecule has 51 heavy (non-hydrogen) atoms. The van der Waals surface area contributed by atoms with E-state index in [-0.39, 0.29) is 49.3 Å². The Hall–Kier alpha value is -4.29. The van der Waals surface area contributed by atoms with Crippen LogP contribution in [0.4, 0.5) is 29.3 Å². The molecule has 0 atom stereocenters. The van der Waals surface area contributed by atoms with Gasteiger partial charge in [0.25, 0.3) is 5.91 Å². The number of carbonyl (C=O) groups is 4. The second kappa shape index (κ2) is 24.8. The van der Waals surface area contributed by atoms with E-state index in [1.165, 1.54) is 12.1 Å². The molecule has 0 radical (unpaired) electrons. The van der Waals surface area contributed by atoms with Crippen LogP contribution in [0.1, 0.15) is 72.9 Å². The van der Waals surface area contributed by atoms with E-state index in [2.05, 4.69) is 26.1 Å². The molecule has 284 valence electrons. The van der Waals surface area contributed by atoms with Gasteiger partial charge in [0, 0.05) is 42.9 Å². The molecule has 2 aromatic carbocycles. The maximum absolute atomic E-state index is 12.8. The molecule has 2 rings (SSSR count). The number of aliphatic hydroxyl groups is 1. The number of hydrogen-bond acceptors (Lipinski definition) is 10. The molecule has 0 aliphatic carbocycles. The summed E-state index contributed by atoms with van der Waals surface area (Å²) in [6.07, 6.45) is -0.376. The molecule has 0 aromatic heterocycles. The Labute approximate surface area is 294 Å². The van der Waals surface area contributed by atoms with Crippen LogP contribution in [0.2, 0.25) is 0 Å². The lowest BCUT2D eigenvalue weighted by Crippen LogP contribution is -2.27. The van der Waals surface area contributed by atoms with Gasteiger partial charge in [-0.2, -0.15) is 13.2 Å². The number of alkyl halides is 3. The average Bonchev–Trinajstić information content (AvgIpc) is 3.10. The van der Waals surface area contributed by atoms with Crippen LogP contribution in [-0.4, -0.2) is 81.7 Å². The Morgan fingerprint density at radius 1 is 0.686 bits per heavy atom. The molecule has 0 heterocycles. The fraction of sp³-hybridized carbons (Fsp3) is 0.529. The van der Waals surface area contributed by atoms with E-state index in [0.717, 1.165) is 30.7 Å². The Morgan fingerprint density at radius 3 is 1.86 bits per heavy atom. The molecule has 0 saturated heterocycles. The lowest BCUT2D eigenvalue weighted by molar-refractivity contribution is -0.137. The van der Waals surface area contributed by atoms with Crippen molar-refractivity contribution in [1.82, 2.24) is 10.6 Å². The smallest absolute Gasteiger partial charge is 0.416 e. The molecule has 0 unspecified atom stereocenters. The average molecular weight is 728 g/mol. The predicted molar refractivity (Wildman–Crippen MR) is 181 cm³/mol. The minimum absolute atomic E-state index is 0.0109. The zero-order chi connectivity index (χ0) is 37.3. The second-order valence-electron chi connectivity index (χ2n) is 11.3. The van der Waals surface area contributed by atoms with Crippen molar-refractivity contribution in [2.24, 2.45) is 5.90 Å². The van der Waals surface area contributed by atoms with Crippen LogP contribution in [0.15, 0.2) is 42.5 Å². The molecule has 0 bridgehead atoms. The predicted octanol–water partition coefficient (Wildman–Crippen LogP) is 4.28. The Morgan fingerprint density at radius 2 is 1.25 bits per heavy atom. The number of nitrogens with two attached hydrogens (primary N) is 1. The molecule has 0 aliphatic rings. The summed E-state index contributed by atoms with van der Waals surface area (Å²) in [6, 6.07) is 8.28. The first-order valence-electron chi connectivity index (χ1n) is 16.7. The molecule has 0 saturated carbocycles. The standard InChI is InChI=1S/C34H48F3N5O9/c35-34(36,37)27-11-9-26(10-12-27)32(46)42-29-22-25(24-43)21-28(23-29)41-31(45)8-4-2-5-13-39-30(44)7-3-1-6-14-40-33(47)50-19-17-48-15-16-49-18-20-51-38/h9-12,21-23,43H,1-8,13-20,24,38H2,(H,39,44)(H,40,47)(H,41,45)(H,42,46). The van der Waals surface area contributed by atoms with Crippen molar-refractivity contribution < 1.29 is 56.5 Å². The van der Waals surface area contributed by atoms with Crippen LogP contribution >= 0.6 is 0 Å². The third-order valence-corrected chi connectivity index (χ3v) is 7.12. The summed E-state index contributed by atoms with van der Waals surface area (Å²) in [5, 5.41) is 20.4. The highest BCUT2D eigenvalue weighted by molar-refractivity contribution is 6.04. The number of amides is 4. The van der Waals surface area contributed by atoms with Crippen molar-refractivity contribution in [3.8, 4) is 0 Å². The maximum Gasteiger partial charge on any atom is 0.416 e. The van der Waals surface area contributed by atoms with Crippen molar-refractivity contribution in [3.05, 3.63) is 59.2 Å². The molecular formula is C34H48F3N5O9. The number of alkyl carbamates (subject to hydrolysis) is 1. The molecule has 17 heteroatoms. The Kier molecular flexibility index (Phi) is 20.8. The Bertz CT molecular complexity index is 1350. The number of rotatable bonds is 25. The lowest BCUT2D eigenvalue weighted by atomic mass is 10.1. The third-order valence-electron chi connectivity index (χ3n) is 7.12. The van der Waals surface area contributed by atoms with Gasteiger partial charge in [0.1, 0.15) is 6.61 Å². The summed E-state index contributed by atoms with van der Waals surface area (Å²) in [5.41, 5.74) is 0.139. The van der Waals surface area contributed by atoms with E-state index in [0.29, 0.717) is 89.3 Å². The second-order valence-corrected chi connectivity index (χ2v) is 11.3. The van der Waals surface area contributed by atoms with E-state index in [1.807, 2.05) is 0 Å². The van der Waals surface area contributed by atoms with Crippen molar-refractivity contribution in [2.45, 2.75) is 64.1 Å². The van der Waals surface area contributed by atoms with Gasteiger partial charge in [-0.05, 0) is 73.7 Å². The highest BCUT2D eigenvalue weighted by Gasteiger charge is 2.30. The first-order valence-corrected chi connectivity index (χ1v) is 16.7. The van der Waals surface area contributed by atoms with E-state index < -0.39 is 23.7 Å². The first-order chi connectivity index (χ1) is 24.5. The largest absolute Gasteiger partial charge is 0.447 e. The first kappa shape index (κ1) is 42.9. The third kappa shape index (κ3) is 19.6. The normalized spacial score (nSPS) is 11.2. The minimum Gasteiger partial charge on any atom is -0.447 e. The number of halogens is 3. The monoisotopic (exact) mass is 727 g/mol. The van der Waals surface area contributed by atoms with Gasteiger partial charge in [-0.25, -0.2) is 10.7 Å². The number of aliphatic hydroxyl groups excluding tert-OH is 1.